The van der Waals surface area contributed by atoms with Gasteiger partial charge in [0, 0.05) is 23.8 Å². The van der Waals surface area contributed by atoms with Gasteiger partial charge in [-0.1, -0.05) is 18.2 Å². The van der Waals surface area contributed by atoms with Crippen LogP contribution in [0.3, 0.4) is 0 Å². The Hall–Kier alpha value is -2.42. The Morgan fingerprint density at radius 3 is 2.43 bits per heavy atom. The smallest absolute Gasteiger partial charge is 0.335 e. The summed E-state index contributed by atoms with van der Waals surface area (Å²) in [6, 6.07) is 9.46. The molecule has 2 aliphatic rings. The van der Waals surface area contributed by atoms with Gasteiger partial charge in [0.2, 0.25) is 5.82 Å². The van der Waals surface area contributed by atoms with Crippen molar-refractivity contribution in [2.75, 3.05) is 13.1 Å². The molecule has 30 heavy (non-hydrogen) atoms. The topological polar surface area (TPSA) is 50.5 Å². The van der Waals surface area contributed by atoms with E-state index >= 15 is 0 Å². The Bertz CT molecular complexity index is 1110. The first kappa shape index (κ1) is 19.5. The number of hydrogen-bond acceptors (Lipinski definition) is 3. The summed E-state index contributed by atoms with van der Waals surface area (Å²) in [6.07, 6.45) is -1.27. The molecular formula is C21H18BrF3N4O. The van der Waals surface area contributed by atoms with Gasteiger partial charge in [0.25, 0.3) is 5.91 Å². The number of halogens is 4. The molecule has 1 saturated heterocycles. The number of rotatable bonds is 2. The van der Waals surface area contributed by atoms with Crippen LogP contribution >= 0.6 is 15.9 Å². The fourth-order valence-corrected chi connectivity index (χ4v) is 5.32. The zero-order valence-electron chi connectivity index (χ0n) is 15.8. The minimum atomic E-state index is -4.35. The van der Waals surface area contributed by atoms with Gasteiger partial charge in [-0.2, -0.15) is 13.2 Å². The first-order valence-electron chi connectivity index (χ1n) is 9.77. The average molecular weight is 479 g/mol. The van der Waals surface area contributed by atoms with Crippen molar-refractivity contribution in [1.29, 1.82) is 0 Å². The predicted octanol–water partition coefficient (Wildman–Crippen LogP) is 4.78. The number of hydrogen-bond donors (Lipinski definition) is 0. The molecule has 3 atom stereocenters. The van der Waals surface area contributed by atoms with Crippen LogP contribution in [0.25, 0.3) is 5.65 Å². The molecule has 1 aliphatic carbocycles. The minimum absolute atomic E-state index is 0.125. The highest BCUT2D eigenvalue weighted by Gasteiger charge is 2.45. The van der Waals surface area contributed by atoms with Gasteiger partial charge in [-0.25, -0.2) is 0 Å². The maximum atomic E-state index is 13.4. The number of nitrogens with zero attached hydrogens (tertiary/aromatic N) is 4. The van der Waals surface area contributed by atoms with Crippen LogP contribution in [0, 0.1) is 11.8 Å². The van der Waals surface area contributed by atoms with E-state index in [4.69, 9.17) is 0 Å². The molecular weight excluding hydrogens is 461 g/mol. The van der Waals surface area contributed by atoms with Gasteiger partial charge in [-0.3, -0.25) is 9.20 Å². The lowest BCUT2D eigenvalue weighted by Gasteiger charge is -2.21. The van der Waals surface area contributed by atoms with E-state index in [0.717, 1.165) is 10.5 Å². The molecule has 0 radical (unpaired) electrons. The molecule has 1 unspecified atom stereocenters. The third kappa shape index (κ3) is 3.29. The molecule has 2 aromatic heterocycles. The zero-order valence-corrected chi connectivity index (χ0v) is 17.4. The molecule has 9 heteroatoms. The Morgan fingerprint density at radius 2 is 1.73 bits per heavy atom. The molecule has 5 nitrogen and oxygen atoms in total. The van der Waals surface area contributed by atoms with Crippen LogP contribution in [0.15, 0.2) is 47.1 Å². The molecule has 0 N–H and O–H groups in total. The molecule has 2 fully saturated rings. The summed E-state index contributed by atoms with van der Waals surface area (Å²) in [5, 5.41) is 8.10. The molecule has 156 valence electrons. The molecule has 1 aromatic carbocycles. The Balaban J connectivity index is 1.33. The second-order valence-electron chi connectivity index (χ2n) is 8.08. The first-order chi connectivity index (χ1) is 14.3. The molecule has 1 aliphatic heterocycles. The SMILES string of the molecule is O=C(c1nnc2ccc(Br)cn12)N1C[C@H]2CC(c3ccccc3C(F)(F)F)C[C@H]2C1. The normalized spacial score (nSPS) is 23.9. The number of fused-ring (bicyclic) bond motifs is 2. The van der Waals surface area contributed by atoms with E-state index < -0.39 is 11.7 Å². The predicted molar refractivity (Wildman–Crippen MR) is 107 cm³/mol. The largest absolute Gasteiger partial charge is 0.416 e. The van der Waals surface area contributed by atoms with E-state index in [9.17, 15) is 18.0 Å². The zero-order chi connectivity index (χ0) is 21.0. The molecule has 1 saturated carbocycles. The second kappa shape index (κ2) is 7.08. The lowest BCUT2D eigenvalue weighted by atomic mass is 9.91. The van der Waals surface area contributed by atoms with Gasteiger partial charge in [0.1, 0.15) is 0 Å². The summed E-state index contributed by atoms with van der Waals surface area (Å²) in [4.78, 5) is 14.8. The quantitative estimate of drug-likeness (QED) is 0.532. The van der Waals surface area contributed by atoms with Crippen LogP contribution in [0.1, 0.15) is 40.5 Å². The van der Waals surface area contributed by atoms with Gasteiger partial charge in [-0.15, -0.1) is 10.2 Å². The first-order valence-corrected chi connectivity index (χ1v) is 10.6. The molecule has 5 rings (SSSR count). The van der Waals surface area contributed by atoms with E-state index in [1.54, 1.807) is 33.7 Å². The lowest BCUT2D eigenvalue weighted by molar-refractivity contribution is -0.138. The Morgan fingerprint density at radius 1 is 1.03 bits per heavy atom. The summed E-state index contributed by atoms with van der Waals surface area (Å²) in [6.45, 7) is 1.08. The fraction of sp³-hybridized carbons (Fsp3) is 0.381. The van der Waals surface area contributed by atoms with Gasteiger partial charge >= 0.3 is 6.18 Å². The van der Waals surface area contributed by atoms with Crippen molar-refractivity contribution >= 4 is 27.5 Å². The number of carbonyl (C=O) groups excluding carboxylic acids is 1. The van der Waals surface area contributed by atoms with Crippen LogP contribution in [-0.2, 0) is 6.18 Å². The van der Waals surface area contributed by atoms with Crippen LogP contribution < -0.4 is 0 Å². The summed E-state index contributed by atoms with van der Waals surface area (Å²) < 4.78 is 42.7. The monoisotopic (exact) mass is 478 g/mol. The van der Waals surface area contributed by atoms with Crippen LogP contribution in [0.2, 0.25) is 0 Å². The van der Waals surface area contributed by atoms with Crippen molar-refractivity contribution in [1.82, 2.24) is 19.5 Å². The number of amides is 1. The molecule has 1 amide bonds. The highest BCUT2D eigenvalue weighted by atomic mass is 79.9. The van der Waals surface area contributed by atoms with E-state index in [0.29, 0.717) is 37.1 Å². The summed E-state index contributed by atoms with van der Waals surface area (Å²) in [5.41, 5.74) is 0.429. The average Bonchev–Trinajstić information content (AvgIpc) is 3.39. The maximum Gasteiger partial charge on any atom is 0.416 e. The fourth-order valence-electron chi connectivity index (χ4n) is 4.98. The van der Waals surface area contributed by atoms with Crippen LogP contribution in [0.4, 0.5) is 13.2 Å². The van der Waals surface area contributed by atoms with Crippen molar-refractivity contribution in [2.45, 2.75) is 24.9 Å². The van der Waals surface area contributed by atoms with Gasteiger partial charge in [0.15, 0.2) is 5.65 Å². The van der Waals surface area contributed by atoms with Crippen LogP contribution in [0.5, 0.6) is 0 Å². The number of aromatic nitrogens is 3. The van der Waals surface area contributed by atoms with Gasteiger partial charge < -0.3 is 4.90 Å². The van der Waals surface area contributed by atoms with Crippen molar-refractivity contribution in [2.24, 2.45) is 11.8 Å². The van der Waals surface area contributed by atoms with Gasteiger partial charge in [-0.05, 0) is 70.3 Å². The van der Waals surface area contributed by atoms with Crippen LogP contribution in [-0.4, -0.2) is 38.5 Å². The summed E-state index contributed by atoms with van der Waals surface area (Å²) in [7, 11) is 0. The highest BCUT2D eigenvalue weighted by molar-refractivity contribution is 9.10. The van der Waals surface area contributed by atoms with E-state index in [1.807, 2.05) is 6.07 Å². The van der Waals surface area contributed by atoms with Crippen molar-refractivity contribution in [3.63, 3.8) is 0 Å². The standard InChI is InChI=1S/C21H18BrF3N4O/c22-15-5-6-18-26-27-19(29(18)11-15)20(30)28-9-13-7-12(8-14(13)10-28)16-3-1-2-4-17(16)21(23,24)25/h1-6,11-14H,7-10H2/t12?,13-,14+. The van der Waals surface area contributed by atoms with Crippen molar-refractivity contribution in [3.8, 4) is 0 Å². The minimum Gasteiger partial charge on any atom is -0.335 e. The maximum absolute atomic E-state index is 13.4. The number of likely N-dealkylation sites (tertiary alicyclic amines) is 1. The van der Waals surface area contributed by atoms with Crippen molar-refractivity contribution in [3.05, 3.63) is 64.0 Å². The Kier molecular flexibility index (Phi) is 4.61. The highest BCUT2D eigenvalue weighted by Crippen LogP contribution is 2.49. The lowest BCUT2D eigenvalue weighted by Crippen LogP contribution is -2.31. The summed E-state index contributed by atoms with van der Waals surface area (Å²) >= 11 is 3.39. The van der Waals surface area contributed by atoms with E-state index in [-0.39, 0.29) is 29.5 Å². The third-order valence-electron chi connectivity index (χ3n) is 6.30. The molecule has 0 bridgehead atoms. The molecule has 3 heterocycles. The molecule has 3 aromatic rings. The number of pyridine rings is 1. The number of alkyl halides is 3. The number of benzene rings is 1. The van der Waals surface area contributed by atoms with E-state index in [2.05, 4.69) is 26.1 Å². The molecule has 0 spiro atoms. The second-order valence-corrected chi connectivity index (χ2v) is 9.00. The summed E-state index contributed by atoms with van der Waals surface area (Å²) in [5.74, 6) is 0.338. The Labute approximate surface area is 179 Å². The van der Waals surface area contributed by atoms with E-state index in [1.165, 1.54) is 6.07 Å². The number of carbonyl (C=O) groups is 1. The third-order valence-corrected chi connectivity index (χ3v) is 6.77. The van der Waals surface area contributed by atoms with Crippen molar-refractivity contribution < 1.29 is 18.0 Å². The van der Waals surface area contributed by atoms with Gasteiger partial charge in [0.05, 0.1) is 5.56 Å².